The Morgan fingerprint density at radius 3 is 3.00 bits per heavy atom. The van der Waals surface area contributed by atoms with Gasteiger partial charge in [-0.2, -0.15) is 0 Å². The summed E-state index contributed by atoms with van der Waals surface area (Å²) in [5.74, 6) is 0. The van der Waals surface area contributed by atoms with E-state index in [0.29, 0.717) is 6.42 Å². The molecular weight excluding hydrogens is 194 g/mol. The molecule has 54 valence electrons. The van der Waals surface area contributed by atoms with Crippen LogP contribution < -0.4 is 0 Å². The summed E-state index contributed by atoms with van der Waals surface area (Å²) in [5.41, 5.74) is 1.05. The number of hydrogen-bond donors (Lipinski definition) is 1. The van der Waals surface area contributed by atoms with E-state index in [4.69, 9.17) is 5.11 Å². The highest BCUT2D eigenvalue weighted by atomic mass is 79.9. The molecule has 0 radical (unpaired) electrons. The predicted molar refractivity (Wildman–Crippen MR) is 42.7 cm³/mol. The molecule has 3 heteroatoms. The van der Waals surface area contributed by atoms with E-state index < -0.39 is 0 Å². The van der Waals surface area contributed by atoms with E-state index in [9.17, 15) is 0 Å². The van der Waals surface area contributed by atoms with Crippen molar-refractivity contribution >= 4 is 15.9 Å². The average molecular weight is 202 g/mol. The van der Waals surface area contributed by atoms with Crippen LogP contribution in [-0.4, -0.2) is 16.7 Å². The number of aliphatic hydroxyl groups excluding tert-OH is 1. The van der Waals surface area contributed by atoms with Crippen molar-refractivity contribution in [3.63, 3.8) is 0 Å². The van der Waals surface area contributed by atoms with Gasteiger partial charge >= 0.3 is 0 Å². The molecule has 1 rings (SSSR count). The van der Waals surface area contributed by atoms with Crippen LogP contribution in [0.1, 0.15) is 5.56 Å². The monoisotopic (exact) mass is 201 g/mol. The summed E-state index contributed by atoms with van der Waals surface area (Å²) in [6, 6.07) is 3.79. The highest BCUT2D eigenvalue weighted by Gasteiger charge is 1.96. The fraction of sp³-hybridized carbons (Fsp3) is 0.286. The molecule has 0 aliphatic rings. The van der Waals surface area contributed by atoms with Crippen LogP contribution in [0.3, 0.4) is 0 Å². The molecular formula is C7H8BrNO. The van der Waals surface area contributed by atoms with Crippen LogP contribution >= 0.6 is 15.9 Å². The standard InChI is InChI=1S/C7H8BrNO/c8-7-6(3-5-10)2-1-4-9-7/h1-2,4,10H,3,5H2. The molecule has 0 unspecified atom stereocenters. The molecule has 0 amide bonds. The van der Waals surface area contributed by atoms with Crippen LogP contribution in [0.25, 0.3) is 0 Å². The third-order valence-corrected chi connectivity index (χ3v) is 1.93. The van der Waals surface area contributed by atoms with Crippen LogP contribution in [0.15, 0.2) is 22.9 Å². The van der Waals surface area contributed by atoms with Crippen LogP contribution in [0.2, 0.25) is 0 Å². The van der Waals surface area contributed by atoms with Crippen molar-refractivity contribution in [2.24, 2.45) is 0 Å². The molecule has 1 aromatic rings. The van der Waals surface area contributed by atoms with Gasteiger partial charge in [-0.25, -0.2) is 4.98 Å². The van der Waals surface area contributed by atoms with Crippen LogP contribution in [0.5, 0.6) is 0 Å². The minimum atomic E-state index is 0.171. The molecule has 0 aliphatic heterocycles. The normalized spacial score (nSPS) is 9.80. The van der Waals surface area contributed by atoms with Crippen molar-refractivity contribution in [2.45, 2.75) is 6.42 Å². The zero-order valence-electron chi connectivity index (χ0n) is 5.42. The Morgan fingerprint density at radius 1 is 1.60 bits per heavy atom. The molecule has 0 atom stereocenters. The number of rotatable bonds is 2. The molecule has 0 bridgehead atoms. The third kappa shape index (κ3) is 1.78. The van der Waals surface area contributed by atoms with Gasteiger partial charge in [-0.1, -0.05) is 6.07 Å². The lowest BCUT2D eigenvalue weighted by Crippen LogP contribution is -1.92. The SMILES string of the molecule is OCCc1cccnc1Br. The second-order valence-corrected chi connectivity index (χ2v) is 2.68. The third-order valence-electron chi connectivity index (χ3n) is 1.22. The number of pyridine rings is 1. The molecule has 2 nitrogen and oxygen atoms in total. The highest BCUT2D eigenvalue weighted by molar-refractivity contribution is 9.10. The molecule has 1 N–H and O–H groups in total. The van der Waals surface area contributed by atoms with Gasteiger partial charge in [0.2, 0.25) is 0 Å². The fourth-order valence-corrected chi connectivity index (χ4v) is 1.17. The summed E-state index contributed by atoms with van der Waals surface area (Å²) in [6.07, 6.45) is 2.37. The van der Waals surface area contributed by atoms with E-state index in [-0.39, 0.29) is 6.61 Å². The quantitative estimate of drug-likeness (QED) is 0.735. The van der Waals surface area contributed by atoms with Gasteiger partial charge in [0.05, 0.1) is 0 Å². The molecule has 0 aliphatic carbocycles. The maximum Gasteiger partial charge on any atom is 0.109 e. The smallest absolute Gasteiger partial charge is 0.109 e. The van der Waals surface area contributed by atoms with E-state index in [0.717, 1.165) is 10.2 Å². The Morgan fingerprint density at radius 2 is 2.40 bits per heavy atom. The van der Waals surface area contributed by atoms with Gasteiger partial charge in [0.25, 0.3) is 0 Å². The fourth-order valence-electron chi connectivity index (χ4n) is 0.726. The lowest BCUT2D eigenvalue weighted by Gasteiger charge is -1.98. The Kier molecular flexibility index (Phi) is 2.83. The maximum atomic E-state index is 8.60. The van der Waals surface area contributed by atoms with Crippen molar-refractivity contribution in [3.8, 4) is 0 Å². The van der Waals surface area contributed by atoms with Crippen molar-refractivity contribution in [3.05, 3.63) is 28.5 Å². The van der Waals surface area contributed by atoms with Gasteiger partial charge in [-0.15, -0.1) is 0 Å². The molecule has 0 saturated carbocycles. The summed E-state index contributed by atoms with van der Waals surface area (Å²) in [5, 5.41) is 8.60. The second kappa shape index (κ2) is 3.68. The number of halogens is 1. The molecule has 0 spiro atoms. The molecule has 0 saturated heterocycles. The number of nitrogens with zero attached hydrogens (tertiary/aromatic N) is 1. The van der Waals surface area contributed by atoms with E-state index in [1.165, 1.54) is 0 Å². The Balaban J connectivity index is 2.81. The van der Waals surface area contributed by atoms with Gasteiger partial charge in [-0.05, 0) is 34.0 Å². The lowest BCUT2D eigenvalue weighted by atomic mass is 10.2. The van der Waals surface area contributed by atoms with Crippen LogP contribution in [0, 0.1) is 0 Å². The molecule has 10 heavy (non-hydrogen) atoms. The Bertz CT molecular complexity index is 215. The van der Waals surface area contributed by atoms with Gasteiger partial charge in [0.1, 0.15) is 4.60 Å². The van der Waals surface area contributed by atoms with Gasteiger partial charge in [0.15, 0.2) is 0 Å². The van der Waals surface area contributed by atoms with E-state index in [2.05, 4.69) is 20.9 Å². The Labute approximate surface area is 68.0 Å². The van der Waals surface area contributed by atoms with E-state index >= 15 is 0 Å². The van der Waals surface area contributed by atoms with E-state index in [1.807, 2.05) is 12.1 Å². The van der Waals surface area contributed by atoms with Crippen molar-refractivity contribution in [1.82, 2.24) is 4.98 Å². The molecule has 0 aromatic carbocycles. The topological polar surface area (TPSA) is 33.1 Å². The summed E-state index contributed by atoms with van der Waals surface area (Å²) in [4.78, 5) is 4.00. The first-order valence-corrected chi connectivity index (χ1v) is 3.84. The summed E-state index contributed by atoms with van der Waals surface area (Å²) in [7, 11) is 0. The van der Waals surface area contributed by atoms with Crippen molar-refractivity contribution < 1.29 is 5.11 Å². The number of hydrogen-bond acceptors (Lipinski definition) is 2. The average Bonchev–Trinajstić information content (AvgIpc) is 1.94. The maximum absolute atomic E-state index is 8.60. The van der Waals surface area contributed by atoms with Gasteiger partial charge in [0, 0.05) is 12.8 Å². The highest BCUT2D eigenvalue weighted by Crippen LogP contribution is 2.12. The Hall–Kier alpha value is -0.410. The first-order chi connectivity index (χ1) is 4.84. The minimum absolute atomic E-state index is 0.171. The van der Waals surface area contributed by atoms with Gasteiger partial charge in [-0.3, -0.25) is 0 Å². The zero-order valence-corrected chi connectivity index (χ0v) is 7.00. The van der Waals surface area contributed by atoms with Crippen LogP contribution in [-0.2, 0) is 6.42 Å². The number of aliphatic hydroxyl groups is 1. The summed E-state index contributed by atoms with van der Waals surface area (Å²) >= 11 is 3.28. The number of aromatic nitrogens is 1. The molecule has 1 aromatic heterocycles. The van der Waals surface area contributed by atoms with Gasteiger partial charge < -0.3 is 5.11 Å². The second-order valence-electron chi connectivity index (χ2n) is 1.93. The van der Waals surface area contributed by atoms with Crippen LogP contribution in [0.4, 0.5) is 0 Å². The lowest BCUT2D eigenvalue weighted by molar-refractivity contribution is 0.299. The predicted octanol–water partition coefficient (Wildman–Crippen LogP) is 1.38. The summed E-state index contributed by atoms with van der Waals surface area (Å²) < 4.78 is 0.823. The molecule has 1 heterocycles. The van der Waals surface area contributed by atoms with Crippen molar-refractivity contribution in [1.29, 1.82) is 0 Å². The van der Waals surface area contributed by atoms with E-state index in [1.54, 1.807) is 6.20 Å². The summed E-state index contributed by atoms with van der Waals surface area (Å²) in [6.45, 7) is 0.171. The molecule has 0 fully saturated rings. The van der Waals surface area contributed by atoms with Crippen molar-refractivity contribution in [2.75, 3.05) is 6.61 Å². The largest absolute Gasteiger partial charge is 0.396 e. The first kappa shape index (κ1) is 7.69. The zero-order chi connectivity index (χ0) is 7.40. The first-order valence-electron chi connectivity index (χ1n) is 3.05. The minimum Gasteiger partial charge on any atom is -0.396 e.